The molecule has 0 saturated heterocycles. The molecule has 2 aromatic carbocycles. The summed E-state index contributed by atoms with van der Waals surface area (Å²) in [7, 11) is 0. The van der Waals surface area contributed by atoms with Gasteiger partial charge in [0.25, 0.3) is 5.91 Å². The van der Waals surface area contributed by atoms with Crippen molar-refractivity contribution in [3.05, 3.63) is 63.1 Å². The van der Waals surface area contributed by atoms with Gasteiger partial charge in [0.15, 0.2) is 6.61 Å². The molecular weight excluding hydrogens is 424 g/mol. The Kier molecular flexibility index (Phi) is 6.78. The maximum Gasteiger partial charge on any atom is 0.341 e. The first-order valence-electron chi connectivity index (χ1n) is 7.22. The number of aliphatic carboxylic acids is 1. The zero-order valence-corrected chi connectivity index (χ0v) is 15.5. The number of halogens is 2. The molecule has 0 atom stereocenters. The van der Waals surface area contributed by atoms with Crippen LogP contribution >= 0.6 is 27.5 Å². The third-order valence-electron chi connectivity index (χ3n) is 3.09. The standard InChI is InChI=1S/C18H12BrClN2O4/c19-13-2-4-14(5-3-13)22-18(25)12(9-21)7-11-1-6-16(15(20)8-11)26-10-17(23)24/h1-8H,10H2,(H,22,25)(H,23,24)/b12-7+. The number of hydrogen-bond acceptors (Lipinski definition) is 4. The van der Waals surface area contributed by atoms with Crippen LogP contribution in [0.5, 0.6) is 5.75 Å². The first-order valence-corrected chi connectivity index (χ1v) is 8.39. The molecule has 2 aromatic rings. The normalized spacial score (nSPS) is 10.7. The number of nitrogens with zero attached hydrogens (tertiary/aromatic N) is 1. The summed E-state index contributed by atoms with van der Waals surface area (Å²) in [5.74, 6) is -1.48. The number of benzene rings is 2. The smallest absolute Gasteiger partial charge is 0.341 e. The van der Waals surface area contributed by atoms with Crippen LogP contribution in [-0.2, 0) is 9.59 Å². The predicted octanol–water partition coefficient (Wildman–Crippen LogP) is 4.11. The van der Waals surface area contributed by atoms with E-state index in [0.717, 1.165) is 4.47 Å². The summed E-state index contributed by atoms with van der Waals surface area (Å²) in [6, 6.07) is 13.3. The Bertz CT molecular complexity index is 904. The largest absolute Gasteiger partial charge is 0.480 e. The van der Waals surface area contributed by atoms with Crippen molar-refractivity contribution in [1.82, 2.24) is 0 Å². The lowest BCUT2D eigenvalue weighted by atomic mass is 10.1. The number of amides is 1. The molecule has 8 heteroatoms. The second kappa shape index (κ2) is 9.04. The molecule has 0 saturated carbocycles. The summed E-state index contributed by atoms with van der Waals surface area (Å²) in [5.41, 5.74) is 0.943. The first kappa shape index (κ1) is 19.5. The fourth-order valence-electron chi connectivity index (χ4n) is 1.91. The van der Waals surface area contributed by atoms with E-state index in [1.54, 1.807) is 30.3 Å². The molecule has 2 N–H and O–H groups in total. The number of rotatable bonds is 6. The minimum Gasteiger partial charge on any atom is -0.480 e. The number of carbonyl (C=O) groups excluding carboxylic acids is 1. The zero-order chi connectivity index (χ0) is 19.1. The van der Waals surface area contributed by atoms with Gasteiger partial charge in [-0.1, -0.05) is 33.6 Å². The molecule has 26 heavy (non-hydrogen) atoms. The molecule has 0 unspecified atom stereocenters. The quantitative estimate of drug-likeness (QED) is 0.525. The van der Waals surface area contributed by atoms with E-state index in [0.29, 0.717) is 11.3 Å². The molecule has 0 heterocycles. The van der Waals surface area contributed by atoms with Crippen LogP contribution in [0.3, 0.4) is 0 Å². The number of carboxylic acid groups (broad SMARTS) is 1. The third-order valence-corrected chi connectivity index (χ3v) is 3.91. The van der Waals surface area contributed by atoms with Gasteiger partial charge in [-0.05, 0) is 48.0 Å². The lowest BCUT2D eigenvalue weighted by Gasteiger charge is -2.07. The van der Waals surface area contributed by atoms with Crippen molar-refractivity contribution in [2.24, 2.45) is 0 Å². The van der Waals surface area contributed by atoms with Gasteiger partial charge in [0, 0.05) is 10.2 Å². The molecule has 2 rings (SSSR count). The van der Waals surface area contributed by atoms with Crippen LogP contribution in [0.1, 0.15) is 5.56 Å². The highest BCUT2D eigenvalue weighted by atomic mass is 79.9. The summed E-state index contributed by atoms with van der Waals surface area (Å²) in [6.07, 6.45) is 1.38. The molecule has 0 aliphatic carbocycles. The van der Waals surface area contributed by atoms with Gasteiger partial charge in [0.05, 0.1) is 5.02 Å². The van der Waals surface area contributed by atoms with Crippen LogP contribution in [0.4, 0.5) is 5.69 Å². The Hall–Kier alpha value is -2.82. The van der Waals surface area contributed by atoms with Crippen LogP contribution in [0.15, 0.2) is 52.5 Å². The Morgan fingerprint density at radius 2 is 1.96 bits per heavy atom. The fraction of sp³-hybridized carbons (Fsp3) is 0.0556. The number of ether oxygens (including phenoxy) is 1. The van der Waals surface area contributed by atoms with Crippen molar-refractivity contribution in [3.8, 4) is 11.8 Å². The number of carboxylic acids is 1. The molecule has 0 bridgehead atoms. The van der Waals surface area contributed by atoms with E-state index >= 15 is 0 Å². The molecular formula is C18H12BrClN2O4. The summed E-state index contributed by atoms with van der Waals surface area (Å²) < 4.78 is 5.89. The summed E-state index contributed by atoms with van der Waals surface area (Å²) in [6.45, 7) is -0.520. The second-order valence-electron chi connectivity index (χ2n) is 5.00. The topological polar surface area (TPSA) is 99.4 Å². The SMILES string of the molecule is N#C/C(=C\c1ccc(OCC(=O)O)c(Cl)c1)C(=O)Nc1ccc(Br)cc1. The van der Waals surface area contributed by atoms with E-state index in [-0.39, 0.29) is 16.3 Å². The molecule has 1 amide bonds. The second-order valence-corrected chi connectivity index (χ2v) is 6.33. The average molecular weight is 436 g/mol. The lowest BCUT2D eigenvalue weighted by Crippen LogP contribution is -2.13. The van der Waals surface area contributed by atoms with Gasteiger partial charge in [-0.3, -0.25) is 4.79 Å². The number of hydrogen-bond donors (Lipinski definition) is 2. The Morgan fingerprint density at radius 3 is 2.54 bits per heavy atom. The van der Waals surface area contributed by atoms with Crippen molar-refractivity contribution < 1.29 is 19.4 Å². The van der Waals surface area contributed by atoms with E-state index in [1.807, 2.05) is 6.07 Å². The van der Waals surface area contributed by atoms with Gasteiger partial charge >= 0.3 is 5.97 Å². The summed E-state index contributed by atoms with van der Waals surface area (Å²) in [5, 5.41) is 20.6. The third kappa shape index (κ3) is 5.62. The number of nitrogens with one attached hydrogen (secondary N) is 1. The van der Waals surface area contributed by atoms with Gasteiger partial charge in [-0.15, -0.1) is 0 Å². The zero-order valence-electron chi connectivity index (χ0n) is 13.2. The van der Waals surface area contributed by atoms with Crippen molar-refractivity contribution in [2.45, 2.75) is 0 Å². The van der Waals surface area contributed by atoms with E-state index in [2.05, 4.69) is 21.2 Å². The van der Waals surface area contributed by atoms with Crippen molar-refractivity contribution >= 4 is 51.2 Å². The molecule has 0 spiro atoms. The van der Waals surface area contributed by atoms with Gasteiger partial charge in [-0.2, -0.15) is 5.26 Å². The van der Waals surface area contributed by atoms with E-state index in [4.69, 9.17) is 21.4 Å². The number of anilines is 1. The molecule has 0 aliphatic rings. The highest BCUT2D eigenvalue weighted by Gasteiger charge is 2.11. The summed E-state index contributed by atoms with van der Waals surface area (Å²) >= 11 is 9.33. The molecule has 0 aromatic heterocycles. The van der Waals surface area contributed by atoms with Crippen LogP contribution in [-0.4, -0.2) is 23.6 Å². The monoisotopic (exact) mass is 434 g/mol. The lowest BCUT2D eigenvalue weighted by molar-refractivity contribution is -0.139. The highest BCUT2D eigenvalue weighted by molar-refractivity contribution is 9.10. The Morgan fingerprint density at radius 1 is 1.27 bits per heavy atom. The van der Waals surface area contributed by atoms with E-state index in [9.17, 15) is 14.9 Å². The Labute approximate surface area is 162 Å². The van der Waals surface area contributed by atoms with Gasteiger partial charge < -0.3 is 15.2 Å². The maximum absolute atomic E-state index is 12.2. The van der Waals surface area contributed by atoms with Crippen molar-refractivity contribution in [2.75, 3.05) is 11.9 Å². The summed E-state index contributed by atoms with van der Waals surface area (Å²) in [4.78, 5) is 22.7. The van der Waals surface area contributed by atoms with Crippen LogP contribution in [0.2, 0.25) is 5.02 Å². The predicted molar refractivity (Wildman–Crippen MR) is 101 cm³/mol. The van der Waals surface area contributed by atoms with Gasteiger partial charge in [0.1, 0.15) is 17.4 Å². The molecule has 0 radical (unpaired) electrons. The van der Waals surface area contributed by atoms with Crippen LogP contribution in [0.25, 0.3) is 6.08 Å². The molecule has 0 fully saturated rings. The van der Waals surface area contributed by atoms with Gasteiger partial charge in [0.2, 0.25) is 0 Å². The molecule has 6 nitrogen and oxygen atoms in total. The van der Waals surface area contributed by atoms with Crippen molar-refractivity contribution in [3.63, 3.8) is 0 Å². The molecule has 132 valence electrons. The van der Waals surface area contributed by atoms with E-state index < -0.39 is 18.5 Å². The van der Waals surface area contributed by atoms with E-state index in [1.165, 1.54) is 18.2 Å². The first-order chi connectivity index (χ1) is 12.4. The van der Waals surface area contributed by atoms with Gasteiger partial charge in [-0.25, -0.2) is 4.79 Å². The highest BCUT2D eigenvalue weighted by Crippen LogP contribution is 2.26. The van der Waals surface area contributed by atoms with Crippen LogP contribution < -0.4 is 10.1 Å². The Balaban J connectivity index is 2.15. The average Bonchev–Trinajstić information content (AvgIpc) is 2.60. The number of carbonyl (C=O) groups is 2. The fourth-order valence-corrected chi connectivity index (χ4v) is 2.42. The minimum atomic E-state index is -1.12. The number of nitriles is 1. The minimum absolute atomic E-state index is 0.108. The molecule has 0 aliphatic heterocycles. The van der Waals surface area contributed by atoms with Crippen molar-refractivity contribution in [1.29, 1.82) is 5.26 Å². The maximum atomic E-state index is 12.2. The van der Waals surface area contributed by atoms with Crippen LogP contribution in [0, 0.1) is 11.3 Å².